The van der Waals surface area contributed by atoms with Gasteiger partial charge in [-0.1, -0.05) is 27.5 Å². The van der Waals surface area contributed by atoms with Gasteiger partial charge in [-0.25, -0.2) is 9.18 Å². The van der Waals surface area contributed by atoms with E-state index < -0.39 is 29.7 Å². The number of rotatable bonds is 6. The van der Waals surface area contributed by atoms with Crippen molar-refractivity contribution in [3.63, 3.8) is 0 Å². The van der Waals surface area contributed by atoms with Crippen LogP contribution in [0.1, 0.15) is 32.6 Å². The van der Waals surface area contributed by atoms with E-state index >= 15 is 0 Å². The third-order valence-corrected chi connectivity index (χ3v) is 3.26. The van der Waals surface area contributed by atoms with Crippen molar-refractivity contribution in [1.82, 2.24) is 0 Å². The minimum absolute atomic E-state index is 0.0717. The Morgan fingerprint density at radius 2 is 2.05 bits per heavy atom. The van der Waals surface area contributed by atoms with Gasteiger partial charge in [0.2, 0.25) is 11.5 Å². The number of esters is 1. The summed E-state index contributed by atoms with van der Waals surface area (Å²) in [6, 6.07) is 0. The molecule has 0 aromatic carbocycles. The Balaban J connectivity index is 2.70. The molecule has 0 saturated heterocycles. The van der Waals surface area contributed by atoms with Crippen molar-refractivity contribution < 1.29 is 23.6 Å². The summed E-state index contributed by atoms with van der Waals surface area (Å²) in [5, 5.41) is 3.44. The second-order valence-electron chi connectivity index (χ2n) is 4.16. The molecule has 1 saturated carbocycles. The van der Waals surface area contributed by atoms with E-state index in [0.29, 0.717) is 12.8 Å². The molecule has 2 atom stereocenters. The maximum atomic E-state index is 13.5. The average molecular weight is 338 g/mol. The van der Waals surface area contributed by atoms with Crippen molar-refractivity contribution in [2.24, 2.45) is 5.16 Å². The van der Waals surface area contributed by atoms with Gasteiger partial charge in [-0.2, -0.15) is 0 Å². The SMILES string of the molecule is CCOC(=O)C(=NOC1CCCCC1F)C(=O)CBr. The second-order valence-corrected chi connectivity index (χ2v) is 4.72. The monoisotopic (exact) mass is 337 g/mol. The summed E-state index contributed by atoms with van der Waals surface area (Å²) < 4.78 is 18.2. The number of ketones is 1. The summed E-state index contributed by atoms with van der Waals surface area (Å²) in [4.78, 5) is 28.1. The molecular weight excluding hydrogens is 321 g/mol. The summed E-state index contributed by atoms with van der Waals surface area (Å²) in [7, 11) is 0. The van der Waals surface area contributed by atoms with Gasteiger partial charge in [0.05, 0.1) is 11.9 Å². The van der Waals surface area contributed by atoms with Crippen LogP contribution in [0.15, 0.2) is 5.16 Å². The number of Topliss-reactive ketones (excluding diaryl/α,β-unsaturated/α-hetero) is 1. The van der Waals surface area contributed by atoms with Crippen LogP contribution in [0.4, 0.5) is 4.39 Å². The molecule has 1 rings (SSSR count). The highest BCUT2D eigenvalue weighted by Crippen LogP contribution is 2.23. The molecule has 1 fully saturated rings. The molecule has 7 heteroatoms. The zero-order chi connectivity index (χ0) is 14.3. The molecular formula is C12H17BrFNO4. The van der Waals surface area contributed by atoms with E-state index in [2.05, 4.69) is 21.1 Å². The van der Waals surface area contributed by atoms with Gasteiger partial charge in [0, 0.05) is 0 Å². The minimum Gasteiger partial charge on any atom is -0.461 e. The Morgan fingerprint density at radius 3 is 2.63 bits per heavy atom. The van der Waals surface area contributed by atoms with E-state index in [9.17, 15) is 14.0 Å². The average Bonchev–Trinajstić information content (AvgIpc) is 2.41. The minimum atomic E-state index is -1.11. The fourth-order valence-electron chi connectivity index (χ4n) is 1.76. The number of alkyl halides is 2. The Hall–Kier alpha value is -0.980. The summed E-state index contributed by atoms with van der Waals surface area (Å²) in [5.74, 6) is -1.40. The molecule has 108 valence electrons. The Bertz CT molecular complexity index is 362. The van der Waals surface area contributed by atoms with Gasteiger partial charge in [-0.15, -0.1) is 0 Å². The molecule has 5 nitrogen and oxygen atoms in total. The van der Waals surface area contributed by atoms with Crippen molar-refractivity contribution in [3.8, 4) is 0 Å². The molecule has 1 aliphatic rings. The first-order chi connectivity index (χ1) is 9.10. The van der Waals surface area contributed by atoms with Crippen molar-refractivity contribution in [2.45, 2.75) is 44.9 Å². The lowest BCUT2D eigenvalue weighted by Crippen LogP contribution is -2.31. The summed E-state index contributed by atoms with van der Waals surface area (Å²) in [5.41, 5.74) is -0.434. The smallest absolute Gasteiger partial charge is 0.364 e. The molecule has 0 amide bonds. The van der Waals surface area contributed by atoms with Gasteiger partial charge in [0.25, 0.3) is 0 Å². The largest absolute Gasteiger partial charge is 0.461 e. The number of halogens is 2. The third kappa shape index (κ3) is 4.89. The molecule has 2 unspecified atom stereocenters. The van der Waals surface area contributed by atoms with Gasteiger partial charge in [0.15, 0.2) is 6.10 Å². The predicted octanol–water partition coefficient (Wildman–Crippen LogP) is 2.17. The standard InChI is InChI=1S/C12H17BrFNO4/c1-2-18-12(17)11(9(16)7-13)15-19-10-6-4-3-5-8(10)14/h8,10H,2-7H2,1H3. The van der Waals surface area contributed by atoms with Crippen LogP contribution in [-0.2, 0) is 19.2 Å². The zero-order valence-corrected chi connectivity index (χ0v) is 12.3. The van der Waals surface area contributed by atoms with Crippen LogP contribution in [0.3, 0.4) is 0 Å². The highest BCUT2D eigenvalue weighted by atomic mass is 79.9. The van der Waals surface area contributed by atoms with Crippen LogP contribution < -0.4 is 0 Å². The van der Waals surface area contributed by atoms with Gasteiger partial charge in [0.1, 0.15) is 6.17 Å². The van der Waals surface area contributed by atoms with Gasteiger partial charge in [-0.3, -0.25) is 4.79 Å². The third-order valence-electron chi connectivity index (χ3n) is 2.76. The summed E-state index contributed by atoms with van der Waals surface area (Å²) in [6.07, 6.45) is 0.809. The van der Waals surface area contributed by atoms with Gasteiger partial charge in [-0.05, 0) is 26.2 Å². The van der Waals surface area contributed by atoms with Crippen molar-refractivity contribution in [1.29, 1.82) is 0 Å². The molecule has 0 aromatic rings. The number of ether oxygens (including phenoxy) is 1. The Kier molecular flexibility index (Phi) is 6.97. The van der Waals surface area contributed by atoms with Crippen LogP contribution in [0.5, 0.6) is 0 Å². The predicted molar refractivity (Wildman–Crippen MR) is 71.1 cm³/mol. The fraction of sp³-hybridized carbons (Fsp3) is 0.750. The topological polar surface area (TPSA) is 65.0 Å². The number of nitrogens with zero attached hydrogens (tertiary/aromatic N) is 1. The van der Waals surface area contributed by atoms with E-state index in [0.717, 1.165) is 12.8 Å². The molecule has 0 aliphatic heterocycles. The van der Waals surface area contributed by atoms with E-state index in [1.807, 2.05) is 0 Å². The van der Waals surface area contributed by atoms with Crippen LogP contribution >= 0.6 is 15.9 Å². The molecule has 1 aliphatic carbocycles. The molecule has 19 heavy (non-hydrogen) atoms. The van der Waals surface area contributed by atoms with Crippen molar-refractivity contribution in [2.75, 3.05) is 11.9 Å². The molecule has 0 N–H and O–H groups in total. The lowest BCUT2D eigenvalue weighted by atomic mass is 9.96. The van der Waals surface area contributed by atoms with Crippen LogP contribution in [0.2, 0.25) is 0 Å². The molecule has 0 spiro atoms. The lowest BCUT2D eigenvalue weighted by molar-refractivity contribution is -0.136. The molecule has 0 aromatic heterocycles. The fourth-order valence-corrected chi connectivity index (χ4v) is 2.02. The van der Waals surface area contributed by atoms with E-state index in [1.54, 1.807) is 6.92 Å². The van der Waals surface area contributed by atoms with Gasteiger partial charge >= 0.3 is 5.97 Å². The molecule has 0 heterocycles. The lowest BCUT2D eigenvalue weighted by Gasteiger charge is -2.23. The molecule has 0 bridgehead atoms. The van der Waals surface area contributed by atoms with Crippen molar-refractivity contribution >= 4 is 33.4 Å². The number of carbonyl (C=O) groups is 2. The maximum absolute atomic E-state index is 13.5. The van der Waals surface area contributed by atoms with Crippen LogP contribution in [0.25, 0.3) is 0 Å². The van der Waals surface area contributed by atoms with Crippen LogP contribution in [-0.4, -0.2) is 41.7 Å². The van der Waals surface area contributed by atoms with Crippen LogP contribution in [0, 0.1) is 0 Å². The van der Waals surface area contributed by atoms with Crippen molar-refractivity contribution in [3.05, 3.63) is 0 Å². The number of carbonyl (C=O) groups excluding carboxylic acids is 2. The van der Waals surface area contributed by atoms with E-state index in [-0.39, 0.29) is 11.9 Å². The Morgan fingerprint density at radius 1 is 1.37 bits per heavy atom. The normalized spacial score (nSPS) is 23.8. The summed E-state index contributed by atoms with van der Waals surface area (Å²) >= 11 is 2.94. The number of hydrogen-bond acceptors (Lipinski definition) is 5. The quantitative estimate of drug-likeness (QED) is 0.245. The van der Waals surface area contributed by atoms with Gasteiger partial charge < -0.3 is 9.57 Å². The first-order valence-electron chi connectivity index (χ1n) is 6.24. The first-order valence-corrected chi connectivity index (χ1v) is 7.36. The molecule has 0 radical (unpaired) electrons. The van der Waals surface area contributed by atoms with E-state index in [4.69, 9.17) is 9.57 Å². The second kappa shape index (κ2) is 8.24. The van der Waals surface area contributed by atoms with E-state index in [1.165, 1.54) is 0 Å². The Labute approximate surface area is 119 Å². The highest BCUT2D eigenvalue weighted by Gasteiger charge is 2.28. The zero-order valence-electron chi connectivity index (χ0n) is 10.7. The summed E-state index contributed by atoms with van der Waals surface area (Å²) in [6.45, 7) is 1.75. The number of hydrogen-bond donors (Lipinski definition) is 0. The maximum Gasteiger partial charge on any atom is 0.364 e. The number of oxime groups is 1. The first kappa shape index (κ1) is 16.1. The highest BCUT2D eigenvalue weighted by molar-refractivity contribution is 9.09.